The lowest BCUT2D eigenvalue weighted by Gasteiger charge is -1.89. The van der Waals surface area contributed by atoms with Crippen LogP contribution in [-0.2, 0) is 6.42 Å². The molecule has 0 amide bonds. The second-order valence-electron chi connectivity index (χ2n) is 3.76. The predicted octanol–water partition coefficient (Wildman–Crippen LogP) is 6.19. The highest BCUT2D eigenvalue weighted by Gasteiger charge is 1.92. The molecule has 21 heavy (non-hydrogen) atoms. The zero-order chi connectivity index (χ0) is 16.5. The number of Topliss-reactive ketones (excluding diaryl/α,β-unsaturated/α-hetero) is 1. The first kappa shape index (κ1) is 21.4. The number of hydrogen-bond acceptors (Lipinski definition) is 1. The number of rotatable bonds is 2. The van der Waals surface area contributed by atoms with E-state index in [-0.39, 0.29) is 5.78 Å². The minimum Gasteiger partial charge on any atom is -0.295 e. The van der Waals surface area contributed by atoms with Crippen LogP contribution >= 0.6 is 0 Å². The van der Waals surface area contributed by atoms with E-state index >= 15 is 0 Å². The van der Waals surface area contributed by atoms with Gasteiger partial charge in [-0.2, -0.15) is 0 Å². The van der Waals surface area contributed by atoms with Crippen LogP contribution < -0.4 is 0 Å². The van der Waals surface area contributed by atoms with Crippen LogP contribution in [0.25, 0.3) is 0 Å². The fourth-order valence-corrected chi connectivity index (χ4v) is 1.39. The molecule has 0 unspecified atom stereocenters. The van der Waals surface area contributed by atoms with Gasteiger partial charge in [0.15, 0.2) is 5.78 Å². The Bertz CT molecular complexity index is 432. The van der Waals surface area contributed by atoms with Crippen LogP contribution in [-0.4, -0.2) is 5.78 Å². The maximum Gasteiger partial charge on any atom is 0.159 e. The third-order valence-corrected chi connectivity index (χ3v) is 2.43. The Morgan fingerprint density at radius 2 is 1.14 bits per heavy atom. The van der Waals surface area contributed by atoms with Crippen LogP contribution in [0.15, 0.2) is 60.7 Å². The Hall–Kier alpha value is -1.89. The summed E-state index contributed by atoms with van der Waals surface area (Å²) in [5.74, 6) is 0.121. The van der Waals surface area contributed by atoms with E-state index in [0.29, 0.717) is 0 Å². The van der Waals surface area contributed by atoms with Gasteiger partial charge in [-0.3, -0.25) is 4.79 Å². The number of aryl methyl sites for hydroxylation is 1. The molecule has 0 aromatic heterocycles. The van der Waals surface area contributed by atoms with Crippen molar-refractivity contribution in [2.75, 3.05) is 0 Å². The fraction of sp³-hybridized carbons (Fsp3) is 0.350. The molecule has 0 atom stereocenters. The number of ketones is 1. The standard InChI is InChI=1S/C8H8O.C8H10.2C2H6/c1-7(9)8-5-3-2-4-6-8;1-2-8-6-4-3-5-7-8;2*1-2/h2-6H,1H3;3-7H,2H2,1H3;2*1-2H3. The van der Waals surface area contributed by atoms with E-state index in [2.05, 4.69) is 31.2 Å². The van der Waals surface area contributed by atoms with Crippen molar-refractivity contribution in [3.63, 3.8) is 0 Å². The quantitative estimate of drug-likeness (QED) is 0.601. The van der Waals surface area contributed by atoms with E-state index in [1.54, 1.807) is 6.92 Å². The first-order valence-corrected chi connectivity index (χ1v) is 7.84. The van der Waals surface area contributed by atoms with Crippen LogP contribution in [0.4, 0.5) is 0 Å². The average molecular weight is 286 g/mol. The zero-order valence-corrected chi connectivity index (χ0v) is 14.4. The first-order valence-electron chi connectivity index (χ1n) is 7.84. The maximum absolute atomic E-state index is 10.6. The molecule has 0 aliphatic heterocycles. The summed E-state index contributed by atoms with van der Waals surface area (Å²) in [7, 11) is 0. The predicted molar refractivity (Wildman–Crippen MR) is 95.0 cm³/mol. The first-order chi connectivity index (χ1) is 10.2. The molecule has 2 rings (SSSR count). The van der Waals surface area contributed by atoms with Gasteiger partial charge in [0, 0.05) is 5.56 Å². The summed E-state index contributed by atoms with van der Waals surface area (Å²) >= 11 is 0. The Morgan fingerprint density at radius 1 is 0.762 bits per heavy atom. The van der Waals surface area contributed by atoms with Crippen molar-refractivity contribution < 1.29 is 4.79 Å². The van der Waals surface area contributed by atoms with Gasteiger partial charge in [-0.25, -0.2) is 0 Å². The smallest absolute Gasteiger partial charge is 0.159 e. The zero-order valence-electron chi connectivity index (χ0n) is 14.4. The number of hydrogen-bond donors (Lipinski definition) is 0. The molecule has 2 aromatic rings. The molecule has 0 aliphatic rings. The van der Waals surface area contributed by atoms with Crippen molar-refractivity contribution in [1.29, 1.82) is 0 Å². The van der Waals surface area contributed by atoms with Crippen molar-refractivity contribution in [3.8, 4) is 0 Å². The molecule has 0 heterocycles. The van der Waals surface area contributed by atoms with Gasteiger partial charge in [0.1, 0.15) is 0 Å². The highest BCUT2D eigenvalue weighted by Crippen LogP contribution is 1.98. The van der Waals surface area contributed by atoms with Gasteiger partial charge >= 0.3 is 0 Å². The third-order valence-electron chi connectivity index (χ3n) is 2.43. The highest BCUT2D eigenvalue weighted by atomic mass is 16.1. The van der Waals surface area contributed by atoms with Crippen LogP contribution in [0.1, 0.15) is 57.5 Å². The molecule has 0 fully saturated rings. The van der Waals surface area contributed by atoms with Crippen molar-refractivity contribution in [2.24, 2.45) is 0 Å². The number of benzene rings is 2. The van der Waals surface area contributed by atoms with Gasteiger partial charge in [-0.15, -0.1) is 0 Å². The topological polar surface area (TPSA) is 17.1 Å². The second-order valence-corrected chi connectivity index (χ2v) is 3.76. The summed E-state index contributed by atoms with van der Waals surface area (Å²) in [4.78, 5) is 10.6. The molecule has 0 saturated heterocycles. The summed E-state index contributed by atoms with van der Waals surface area (Å²) < 4.78 is 0. The van der Waals surface area contributed by atoms with Crippen molar-refractivity contribution in [3.05, 3.63) is 71.8 Å². The monoisotopic (exact) mass is 286 g/mol. The van der Waals surface area contributed by atoms with E-state index in [4.69, 9.17) is 0 Å². The van der Waals surface area contributed by atoms with Crippen LogP contribution in [0.5, 0.6) is 0 Å². The van der Waals surface area contributed by atoms with Crippen LogP contribution in [0, 0.1) is 0 Å². The van der Waals surface area contributed by atoms with E-state index in [9.17, 15) is 4.79 Å². The van der Waals surface area contributed by atoms with Crippen molar-refractivity contribution in [2.45, 2.75) is 48.0 Å². The lowest BCUT2D eigenvalue weighted by molar-refractivity contribution is 0.101. The Labute approximate surface area is 131 Å². The Morgan fingerprint density at radius 3 is 1.38 bits per heavy atom. The molecule has 2 aromatic carbocycles. The summed E-state index contributed by atoms with van der Waals surface area (Å²) in [6.45, 7) is 11.7. The average Bonchev–Trinajstić information content (AvgIpc) is 2.60. The van der Waals surface area contributed by atoms with Crippen LogP contribution in [0.3, 0.4) is 0 Å². The SMILES string of the molecule is CC.CC.CC(=O)c1ccccc1.CCc1ccccc1. The molecule has 0 spiro atoms. The van der Waals surface area contributed by atoms with Gasteiger partial charge in [-0.1, -0.05) is 95.3 Å². The van der Waals surface area contributed by atoms with Gasteiger partial charge in [0.05, 0.1) is 0 Å². The van der Waals surface area contributed by atoms with E-state index in [1.165, 1.54) is 5.56 Å². The normalized spacial score (nSPS) is 7.90. The Balaban J connectivity index is 0. The van der Waals surface area contributed by atoms with Gasteiger partial charge < -0.3 is 0 Å². The summed E-state index contributed by atoms with van der Waals surface area (Å²) in [6, 6.07) is 19.7. The largest absolute Gasteiger partial charge is 0.295 e. The van der Waals surface area contributed by atoms with Crippen LogP contribution in [0.2, 0.25) is 0 Å². The minimum absolute atomic E-state index is 0.121. The third kappa shape index (κ3) is 11.6. The van der Waals surface area contributed by atoms with Crippen molar-refractivity contribution >= 4 is 5.78 Å². The fourth-order valence-electron chi connectivity index (χ4n) is 1.39. The molecule has 0 N–H and O–H groups in total. The van der Waals surface area contributed by atoms with Gasteiger partial charge in [-0.05, 0) is 18.9 Å². The molecule has 116 valence electrons. The molecule has 1 heteroatoms. The minimum atomic E-state index is 0.121. The molecular formula is C20H30O. The summed E-state index contributed by atoms with van der Waals surface area (Å²) in [5, 5.41) is 0. The van der Waals surface area contributed by atoms with Gasteiger partial charge in [0.2, 0.25) is 0 Å². The molecule has 0 radical (unpaired) electrons. The van der Waals surface area contributed by atoms with E-state index < -0.39 is 0 Å². The Kier molecular flexibility index (Phi) is 16.5. The number of carbonyl (C=O) groups excluding carboxylic acids is 1. The van der Waals surface area contributed by atoms with E-state index in [0.717, 1.165) is 12.0 Å². The lowest BCUT2D eigenvalue weighted by Crippen LogP contribution is -1.88. The highest BCUT2D eigenvalue weighted by molar-refractivity contribution is 5.93. The van der Waals surface area contributed by atoms with Gasteiger partial charge in [0.25, 0.3) is 0 Å². The van der Waals surface area contributed by atoms with E-state index in [1.807, 2.05) is 64.1 Å². The molecule has 0 aliphatic carbocycles. The maximum atomic E-state index is 10.6. The lowest BCUT2D eigenvalue weighted by atomic mass is 10.2. The molecule has 0 saturated carbocycles. The van der Waals surface area contributed by atoms with Crippen molar-refractivity contribution in [1.82, 2.24) is 0 Å². The molecular weight excluding hydrogens is 256 g/mol. The summed E-state index contributed by atoms with van der Waals surface area (Å²) in [5.41, 5.74) is 2.19. The molecule has 0 bridgehead atoms. The number of carbonyl (C=O) groups is 1. The second kappa shape index (κ2) is 16.2. The molecule has 1 nitrogen and oxygen atoms in total. The summed E-state index contributed by atoms with van der Waals surface area (Å²) in [6.07, 6.45) is 1.14.